The number of benzene rings is 8. The summed E-state index contributed by atoms with van der Waals surface area (Å²) in [5.41, 5.74) is 16.6. The van der Waals surface area contributed by atoms with E-state index >= 15 is 0 Å². The Labute approximate surface area is 349 Å². The van der Waals surface area contributed by atoms with Gasteiger partial charge in [-0.3, -0.25) is 0 Å². The maximum atomic E-state index is 2.56. The van der Waals surface area contributed by atoms with E-state index in [1.807, 2.05) is 0 Å². The van der Waals surface area contributed by atoms with Gasteiger partial charge in [0.25, 0.3) is 0 Å². The maximum absolute atomic E-state index is 2.56. The van der Waals surface area contributed by atoms with Gasteiger partial charge >= 0.3 is 0 Å². The minimum absolute atomic E-state index is 0.346. The highest BCUT2D eigenvalue weighted by Gasteiger charge is 2.52. The van der Waals surface area contributed by atoms with Crippen LogP contribution in [-0.4, -0.2) is 0 Å². The third-order valence-corrected chi connectivity index (χ3v) is 15.0. The maximum Gasteiger partial charge on any atom is 0.0714 e. The molecule has 0 amide bonds. The first-order valence-corrected chi connectivity index (χ1v) is 21.9. The van der Waals surface area contributed by atoms with Crippen LogP contribution in [0.25, 0.3) is 33.0 Å². The molecule has 5 aliphatic rings. The van der Waals surface area contributed by atoms with Crippen molar-refractivity contribution in [3.05, 3.63) is 221 Å². The number of hydrogen-bond donors (Lipinski definition) is 0. The van der Waals surface area contributed by atoms with E-state index in [1.165, 1.54) is 116 Å². The number of hydrogen-bond acceptors (Lipinski definition) is 1. The van der Waals surface area contributed by atoms with Crippen LogP contribution in [0.2, 0.25) is 0 Å². The molecule has 5 aliphatic carbocycles. The normalized spacial score (nSPS) is 21.9. The molecule has 0 heterocycles. The summed E-state index contributed by atoms with van der Waals surface area (Å²) in [6.45, 7) is 2.28. The lowest BCUT2D eigenvalue weighted by atomic mass is 9.48. The summed E-state index contributed by atoms with van der Waals surface area (Å²) in [6.07, 6.45) is 8.50. The minimum atomic E-state index is -0.491. The highest BCUT2D eigenvalue weighted by atomic mass is 15.1. The van der Waals surface area contributed by atoms with E-state index in [9.17, 15) is 0 Å². The van der Waals surface area contributed by atoms with E-state index in [0.29, 0.717) is 5.41 Å². The zero-order valence-corrected chi connectivity index (χ0v) is 33.8. The Balaban J connectivity index is 1.11. The van der Waals surface area contributed by atoms with Gasteiger partial charge < -0.3 is 4.90 Å². The molecule has 59 heavy (non-hydrogen) atoms. The van der Waals surface area contributed by atoms with Crippen molar-refractivity contribution in [2.24, 2.45) is 17.8 Å². The molecule has 1 nitrogen and oxygen atoms in total. The van der Waals surface area contributed by atoms with E-state index in [4.69, 9.17) is 0 Å². The number of nitrogens with zero attached hydrogens (tertiary/aromatic N) is 1. The predicted molar refractivity (Wildman–Crippen MR) is 246 cm³/mol. The van der Waals surface area contributed by atoms with Gasteiger partial charge in [0.1, 0.15) is 0 Å². The quantitative estimate of drug-likeness (QED) is 0.156. The summed E-state index contributed by atoms with van der Waals surface area (Å²) in [5, 5.41) is 2.49. The molecule has 1 heteroatoms. The largest absolute Gasteiger partial charge is 0.310 e. The van der Waals surface area contributed by atoms with Crippen molar-refractivity contribution >= 4 is 27.8 Å². The van der Waals surface area contributed by atoms with E-state index in [0.717, 1.165) is 17.8 Å². The second-order valence-electron chi connectivity index (χ2n) is 18.4. The summed E-state index contributed by atoms with van der Waals surface area (Å²) in [4.78, 5) is 2.56. The summed E-state index contributed by atoms with van der Waals surface area (Å²) >= 11 is 0. The zero-order valence-electron chi connectivity index (χ0n) is 33.8. The van der Waals surface area contributed by atoms with Gasteiger partial charge in [0.15, 0.2) is 0 Å². The molecular weight excluding hydrogens is 711 g/mol. The zero-order chi connectivity index (χ0) is 39.1. The van der Waals surface area contributed by atoms with E-state index in [2.05, 4.69) is 200 Å². The van der Waals surface area contributed by atoms with Gasteiger partial charge in [-0.25, -0.2) is 0 Å². The molecule has 8 aromatic carbocycles. The second kappa shape index (κ2) is 13.4. The first kappa shape index (κ1) is 34.8. The average Bonchev–Trinajstić information content (AvgIpc) is 3.58. The van der Waals surface area contributed by atoms with E-state index in [-0.39, 0.29) is 0 Å². The van der Waals surface area contributed by atoms with Gasteiger partial charge in [-0.05, 0) is 166 Å². The van der Waals surface area contributed by atoms with E-state index in [1.54, 1.807) is 5.56 Å². The van der Waals surface area contributed by atoms with Crippen LogP contribution in [0.5, 0.6) is 0 Å². The first-order valence-electron chi connectivity index (χ1n) is 21.9. The fourth-order valence-electron chi connectivity index (χ4n) is 13.0. The van der Waals surface area contributed by atoms with Gasteiger partial charge in [0.2, 0.25) is 0 Å². The Morgan fingerprint density at radius 3 is 1.63 bits per heavy atom. The number of anilines is 3. The van der Waals surface area contributed by atoms with Crippen LogP contribution >= 0.6 is 0 Å². The molecule has 8 aromatic rings. The molecule has 0 atom stereocenters. The minimum Gasteiger partial charge on any atom is -0.310 e. The van der Waals surface area contributed by atoms with Crippen molar-refractivity contribution in [1.29, 1.82) is 0 Å². The SMILES string of the molecule is Cc1cccc2c1-c1ccc(N(c3ccc(C45CC6CC(CC(C6)C4)C5)cc3)c3cc4ccccc4cc3-c3ccccc3)cc1C2(c1ccccc1)c1ccccc1. The van der Waals surface area contributed by atoms with Gasteiger partial charge in [0.05, 0.1) is 11.1 Å². The number of aryl methyl sites for hydroxylation is 1. The molecule has 0 saturated heterocycles. The first-order chi connectivity index (χ1) is 29.1. The van der Waals surface area contributed by atoms with Crippen LogP contribution in [-0.2, 0) is 10.8 Å². The van der Waals surface area contributed by atoms with Gasteiger partial charge in [0, 0.05) is 16.9 Å². The molecular formula is C58H49N. The molecule has 4 saturated carbocycles. The Bertz CT molecular complexity index is 2780. The molecule has 4 bridgehead atoms. The van der Waals surface area contributed by atoms with Crippen molar-refractivity contribution in [3.8, 4) is 22.3 Å². The lowest BCUT2D eigenvalue weighted by Gasteiger charge is -2.57. The van der Waals surface area contributed by atoms with Gasteiger partial charge in [-0.2, -0.15) is 0 Å². The van der Waals surface area contributed by atoms with Crippen LogP contribution < -0.4 is 4.90 Å². The number of fused-ring (bicyclic) bond motifs is 4. The fraction of sp³-hybridized carbons (Fsp3) is 0.207. The van der Waals surface area contributed by atoms with Crippen LogP contribution in [0.4, 0.5) is 17.1 Å². The molecule has 286 valence electrons. The topological polar surface area (TPSA) is 3.24 Å². The smallest absolute Gasteiger partial charge is 0.0714 e. The summed E-state index contributed by atoms with van der Waals surface area (Å²) in [7, 11) is 0. The molecule has 0 radical (unpaired) electrons. The Morgan fingerprint density at radius 2 is 1.00 bits per heavy atom. The molecule has 0 aliphatic heterocycles. The molecule has 0 spiro atoms. The van der Waals surface area contributed by atoms with Crippen molar-refractivity contribution in [3.63, 3.8) is 0 Å². The summed E-state index contributed by atoms with van der Waals surface area (Å²) < 4.78 is 0. The molecule has 0 aromatic heterocycles. The predicted octanol–water partition coefficient (Wildman–Crippen LogP) is 15.1. The fourth-order valence-corrected chi connectivity index (χ4v) is 13.0. The standard InChI is InChI=1S/C58H49N/c1-39-14-13-23-53-56(39)51-29-28-50(35-54(51)58(53,47-19-7-3-8-20-47)48-21-9-4-10-22-48)59(55-34-45-18-12-11-17-44(45)33-52(55)43-15-5-2-6-16-43)49-26-24-46(25-27-49)57-36-40-30-41(37-57)32-42(31-40)38-57/h2-29,33-35,40-42H,30-32,36-38H2,1H3. The Morgan fingerprint density at radius 1 is 0.441 bits per heavy atom. The van der Waals surface area contributed by atoms with Crippen LogP contribution in [0.1, 0.15) is 71.9 Å². The lowest BCUT2D eigenvalue weighted by molar-refractivity contribution is -0.00518. The van der Waals surface area contributed by atoms with Crippen molar-refractivity contribution in [2.75, 3.05) is 4.90 Å². The molecule has 0 unspecified atom stereocenters. The average molecular weight is 760 g/mol. The third kappa shape index (κ3) is 5.37. The van der Waals surface area contributed by atoms with Crippen molar-refractivity contribution < 1.29 is 0 Å². The highest BCUT2D eigenvalue weighted by Crippen LogP contribution is 2.62. The molecule has 0 N–H and O–H groups in total. The van der Waals surface area contributed by atoms with Crippen LogP contribution in [0.3, 0.4) is 0 Å². The number of rotatable bonds is 7. The Hall–Kier alpha value is -6.18. The lowest BCUT2D eigenvalue weighted by Crippen LogP contribution is -2.48. The van der Waals surface area contributed by atoms with Gasteiger partial charge in [-0.15, -0.1) is 0 Å². The monoisotopic (exact) mass is 759 g/mol. The second-order valence-corrected chi connectivity index (χ2v) is 18.4. The molecule has 4 fully saturated rings. The van der Waals surface area contributed by atoms with Gasteiger partial charge in [-0.1, -0.05) is 152 Å². The van der Waals surface area contributed by atoms with Crippen LogP contribution in [0, 0.1) is 24.7 Å². The van der Waals surface area contributed by atoms with E-state index < -0.39 is 5.41 Å². The highest BCUT2D eigenvalue weighted by molar-refractivity contribution is 5.99. The van der Waals surface area contributed by atoms with Crippen molar-refractivity contribution in [2.45, 2.75) is 56.3 Å². The van der Waals surface area contributed by atoms with Crippen molar-refractivity contribution in [1.82, 2.24) is 0 Å². The summed E-state index contributed by atoms with van der Waals surface area (Å²) in [6, 6.07) is 71.3. The van der Waals surface area contributed by atoms with Crippen LogP contribution in [0.15, 0.2) is 188 Å². The third-order valence-electron chi connectivity index (χ3n) is 15.0. The molecule has 13 rings (SSSR count). The Kier molecular flexibility index (Phi) is 7.93. The summed E-state index contributed by atoms with van der Waals surface area (Å²) in [5.74, 6) is 2.74.